The minimum absolute atomic E-state index is 0.654. The Bertz CT molecular complexity index is 2280. The van der Waals surface area contributed by atoms with Gasteiger partial charge in [0.05, 0.1) is 0 Å². The molecule has 6 heteroatoms. The van der Waals surface area contributed by atoms with Gasteiger partial charge >= 0.3 is 0 Å². The molecular weight excluding hydrogens is 847 g/mol. The number of aryl methyl sites for hydroxylation is 3. The molecule has 3 heterocycles. The highest BCUT2D eigenvalue weighted by molar-refractivity contribution is 5.80. The molecular formula is C63H81N3O3. The van der Waals surface area contributed by atoms with Crippen LogP contribution in [0.15, 0.2) is 123 Å². The van der Waals surface area contributed by atoms with Crippen LogP contribution in [0.25, 0.3) is 67.7 Å². The van der Waals surface area contributed by atoms with Crippen molar-refractivity contribution in [1.82, 2.24) is 15.5 Å². The second-order valence-corrected chi connectivity index (χ2v) is 22.0. The molecule has 0 aliphatic heterocycles. The summed E-state index contributed by atoms with van der Waals surface area (Å²) in [6.07, 6.45) is 18.7. The Kier molecular flexibility index (Phi) is 18.9. The molecule has 0 N–H and O–H groups in total. The van der Waals surface area contributed by atoms with Crippen LogP contribution in [0.1, 0.15) is 156 Å². The molecule has 7 rings (SSSR count). The van der Waals surface area contributed by atoms with Crippen molar-refractivity contribution in [2.24, 2.45) is 35.5 Å². The summed E-state index contributed by atoms with van der Waals surface area (Å²) >= 11 is 0. The summed E-state index contributed by atoms with van der Waals surface area (Å²) < 4.78 is 18.3. The molecule has 0 bridgehead atoms. The van der Waals surface area contributed by atoms with Crippen molar-refractivity contribution in [2.45, 2.75) is 159 Å². The van der Waals surface area contributed by atoms with E-state index in [-0.39, 0.29) is 0 Å². The van der Waals surface area contributed by atoms with E-state index < -0.39 is 0 Å². The van der Waals surface area contributed by atoms with Crippen LogP contribution in [-0.2, 0) is 19.3 Å². The second kappa shape index (κ2) is 25.4. The molecule has 0 unspecified atom stereocenters. The quantitative estimate of drug-likeness (QED) is 0.0511. The largest absolute Gasteiger partial charge is 0.356 e. The SMILES string of the molecule is CC(C)CCC[C@@H](C)CCc1ccc(-c2cc(-c3cc(-c4cc(-c5ccc(CC[C@H](C)CCCC(C)C)cc5)no4)cc(-c4cc(-c5ccc(CC[C@H](C)CCCC(C)C)cc5)no4)c3)on2)cc1. The summed E-state index contributed by atoms with van der Waals surface area (Å²) in [4.78, 5) is 0. The van der Waals surface area contributed by atoms with Gasteiger partial charge in [0.25, 0.3) is 0 Å². The van der Waals surface area contributed by atoms with Crippen molar-refractivity contribution in [1.29, 1.82) is 0 Å². The zero-order chi connectivity index (χ0) is 48.7. The van der Waals surface area contributed by atoms with E-state index in [0.29, 0.717) is 17.3 Å². The van der Waals surface area contributed by atoms with E-state index in [2.05, 4.69) is 169 Å². The van der Waals surface area contributed by atoms with Crippen LogP contribution in [-0.4, -0.2) is 15.5 Å². The molecule has 366 valence electrons. The van der Waals surface area contributed by atoms with Gasteiger partial charge in [-0.05, 0) is 109 Å². The Morgan fingerprint density at radius 1 is 0.304 bits per heavy atom. The molecule has 0 aliphatic rings. The zero-order valence-electron chi connectivity index (χ0n) is 43.5. The Morgan fingerprint density at radius 3 is 0.812 bits per heavy atom. The molecule has 6 nitrogen and oxygen atoms in total. The molecule has 0 saturated heterocycles. The monoisotopic (exact) mass is 928 g/mol. The Morgan fingerprint density at radius 2 is 0.565 bits per heavy atom. The van der Waals surface area contributed by atoms with Gasteiger partial charge in [-0.15, -0.1) is 0 Å². The Hall–Kier alpha value is -5.49. The zero-order valence-corrected chi connectivity index (χ0v) is 43.5. The van der Waals surface area contributed by atoms with E-state index in [1.165, 1.54) is 93.7 Å². The first kappa shape index (κ1) is 51.4. The summed E-state index contributed by atoms with van der Waals surface area (Å²) in [7, 11) is 0. The first-order chi connectivity index (χ1) is 33.3. The van der Waals surface area contributed by atoms with Gasteiger partial charge in [0.15, 0.2) is 17.3 Å². The average Bonchev–Trinajstić information content (AvgIpc) is 4.15. The molecule has 4 aromatic carbocycles. The predicted molar refractivity (Wildman–Crippen MR) is 288 cm³/mol. The number of benzene rings is 4. The molecule has 3 aromatic heterocycles. The maximum Gasteiger partial charge on any atom is 0.167 e. The lowest BCUT2D eigenvalue weighted by Crippen LogP contribution is -1.99. The van der Waals surface area contributed by atoms with E-state index in [9.17, 15) is 0 Å². The summed E-state index contributed by atoms with van der Waals surface area (Å²) in [5, 5.41) is 13.7. The van der Waals surface area contributed by atoms with Crippen LogP contribution in [0.2, 0.25) is 0 Å². The van der Waals surface area contributed by atoms with Gasteiger partial charge in [0.2, 0.25) is 0 Å². The lowest BCUT2D eigenvalue weighted by molar-refractivity contribution is 0.432. The number of hydrogen-bond acceptors (Lipinski definition) is 6. The van der Waals surface area contributed by atoms with E-state index in [1.54, 1.807) is 0 Å². The molecule has 0 spiro atoms. The van der Waals surface area contributed by atoms with E-state index in [1.807, 2.05) is 18.2 Å². The van der Waals surface area contributed by atoms with Gasteiger partial charge in [-0.25, -0.2) is 0 Å². The highest BCUT2D eigenvalue weighted by Gasteiger charge is 2.19. The minimum atomic E-state index is 0.654. The van der Waals surface area contributed by atoms with Gasteiger partial charge in [-0.2, -0.15) is 0 Å². The fourth-order valence-electron chi connectivity index (χ4n) is 9.52. The van der Waals surface area contributed by atoms with Gasteiger partial charge < -0.3 is 13.6 Å². The standard InChI is InChI=1S/C63H81N3O3/c1-43(2)13-10-16-46(7)19-22-49-25-31-52(32-26-49)58-40-61(67-64-58)55-37-56(62-41-59(65-68-62)53-33-27-50(28-34-53)23-20-47(8)17-11-14-44(3)4)39-57(38-55)63-42-60(66-69-63)54-35-29-51(30-36-54)24-21-48(9)18-12-15-45(5)6/h25-48H,10-24H2,1-9H3/t46-,47-,48-/m1/s1. The van der Waals surface area contributed by atoms with Crippen LogP contribution < -0.4 is 0 Å². The molecule has 69 heavy (non-hydrogen) atoms. The average molecular weight is 928 g/mol. The van der Waals surface area contributed by atoms with Crippen molar-refractivity contribution in [2.75, 3.05) is 0 Å². The number of nitrogens with zero attached hydrogens (tertiary/aromatic N) is 3. The third kappa shape index (κ3) is 15.8. The van der Waals surface area contributed by atoms with Crippen LogP contribution in [0, 0.1) is 35.5 Å². The third-order valence-electron chi connectivity index (χ3n) is 14.3. The van der Waals surface area contributed by atoms with Crippen molar-refractivity contribution in [3.8, 4) is 67.7 Å². The van der Waals surface area contributed by atoms with Crippen LogP contribution in [0.4, 0.5) is 0 Å². The molecule has 0 amide bonds. The van der Waals surface area contributed by atoms with E-state index >= 15 is 0 Å². The number of rotatable bonds is 27. The third-order valence-corrected chi connectivity index (χ3v) is 14.3. The van der Waals surface area contributed by atoms with Gasteiger partial charge in [-0.1, -0.05) is 208 Å². The maximum absolute atomic E-state index is 6.11. The highest BCUT2D eigenvalue weighted by atomic mass is 16.5. The molecule has 7 aromatic rings. The summed E-state index contributed by atoms with van der Waals surface area (Å²) in [6, 6.07) is 38.7. The fraction of sp³-hybridized carbons (Fsp3) is 0.476. The maximum atomic E-state index is 6.11. The number of hydrogen-bond donors (Lipinski definition) is 0. The Labute approximate surface area is 415 Å². The normalized spacial score (nSPS) is 13.2. The van der Waals surface area contributed by atoms with E-state index in [0.717, 1.165) is 105 Å². The summed E-state index contributed by atoms with van der Waals surface area (Å²) in [6.45, 7) is 21.1. The molecule has 0 fully saturated rings. The molecule has 3 atom stereocenters. The molecule has 0 saturated carbocycles. The highest BCUT2D eigenvalue weighted by Crippen LogP contribution is 2.37. The summed E-state index contributed by atoms with van der Waals surface area (Å²) in [5.74, 6) is 6.49. The van der Waals surface area contributed by atoms with Crippen LogP contribution >= 0.6 is 0 Å². The summed E-state index contributed by atoms with van der Waals surface area (Å²) in [5.41, 5.74) is 12.1. The predicted octanol–water partition coefficient (Wildman–Crippen LogP) is 18.8. The van der Waals surface area contributed by atoms with E-state index in [4.69, 9.17) is 13.6 Å². The van der Waals surface area contributed by atoms with Crippen LogP contribution in [0.5, 0.6) is 0 Å². The molecule has 0 aliphatic carbocycles. The van der Waals surface area contributed by atoms with Gasteiger partial charge in [-0.3, -0.25) is 0 Å². The second-order valence-electron chi connectivity index (χ2n) is 22.0. The minimum Gasteiger partial charge on any atom is -0.356 e. The smallest absolute Gasteiger partial charge is 0.167 e. The molecule has 0 radical (unpaired) electrons. The van der Waals surface area contributed by atoms with Crippen molar-refractivity contribution < 1.29 is 13.6 Å². The first-order valence-corrected chi connectivity index (χ1v) is 26.7. The van der Waals surface area contributed by atoms with Crippen molar-refractivity contribution >= 4 is 0 Å². The van der Waals surface area contributed by atoms with Gasteiger partial charge in [0.1, 0.15) is 17.1 Å². The lowest BCUT2D eigenvalue weighted by atomic mass is 9.94. The first-order valence-electron chi connectivity index (χ1n) is 26.7. The van der Waals surface area contributed by atoms with Crippen LogP contribution in [0.3, 0.4) is 0 Å². The van der Waals surface area contributed by atoms with Crippen molar-refractivity contribution in [3.05, 3.63) is 126 Å². The fourth-order valence-corrected chi connectivity index (χ4v) is 9.52. The topological polar surface area (TPSA) is 78.1 Å². The van der Waals surface area contributed by atoms with Gasteiger partial charge in [0, 0.05) is 51.6 Å². The number of aromatic nitrogens is 3. The lowest BCUT2D eigenvalue weighted by Gasteiger charge is -2.12. The Balaban J connectivity index is 1.09. The van der Waals surface area contributed by atoms with Crippen molar-refractivity contribution in [3.63, 3.8) is 0 Å².